The van der Waals surface area contributed by atoms with Gasteiger partial charge in [0.1, 0.15) is 0 Å². The molecule has 0 aliphatic heterocycles. The summed E-state index contributed by atoms with van der Waals surface area (Å²) >= 11 is 0. The largest absolute Gasteiger partial charge is 0.329 e. The number of nitrogens with zero attached hydrogens (tertiary/aromatic N) is 1. The molecule has 2 nitrogen and oxygen atoms in total. The first kappa shape index (κ1) is 14.0. The molecule has 1 aliphatic carbocycles. The van der Waals surface area contributed by atoms with Crippen molar-refractivity contribution in [3.05, 3.63) is 0 Å². The second-order valence-electron chi connectivity index (χ2n) is 6.18. The molecule has 0 radical (unpaired) electrons. The Morgan fingerprint density at radius 2 is 1.88 bits per heavy atom. The number of hydrogen-bond acceptors (Lipinski definition) is 2. The van der Waals surface area contributed by atoms with E-state index in [1.54, 1.807) is 0 Å². The van der Waals surface area contributed by atoms with Gasteiger partial charge in [-0.2, -0.15) is 0 Å². The van der Waals surface area contributed by atoms with Gasteiger partial charge < -0.3 is 5.73 Å². The van der Waals surface area contributed by atoms with Crippen LogP contribution in [0.4, 0.5) is 0 Å². The number of likely N-dealkylation sites (N-methyl/N-ethyl adjacent to an activating group) is 1. The average molecular weight is 226 g/mol. The minimum absolute atomic E-state index is 0.208. The highest BCUT2D eigenvalue weighted by molar-refractivity contribution is 4.91. The lowest BCUT2D eigenvalue weighted by Gasteiger charge is -2.42. The van der Waals surface area contributed by atoms with Crippen LogP contribution in [0.3, 0.4) is 0 Å². The number of hydrogen-bond donors (Lipinski definition) is 1. The lowest BCUT2D eigenvalue weighted by Crippen LogP contribution is -2.53. The summed E-state index contributed by atoms with van der Waals surface area (Å²) in [6.07, 6.45) is 8.06. The van der Waals surface area contributed by atoms with Crippen LogP contribution in [0.5, 0.6) is 0 Å². The number of rotatable bonds is 6. The molecule has 1 rings (SSSR count). The van der Waals surface area contributed by atoms with Gasteiger partial charge in [0.15, 0.2) is 0 Å². The molecule has 0 amide bonds. The van der Waals surface area contributed by atoms with Crippen molar-refractivity contribution in [2.75, 3.05) is 13.6 Å². The summed E-state index contributed by atoms with van der Waals surface area (Å²) in [5.41, 5.74) is 6.23. The van der Waals surface area contributed by atoms with Gasteiger partial charge in [-0.3, -0.25) is 4.90 Å². The van der Waals surface area contributed by atoms with E-state index in [1.807, 2.05) is 0 Å². The number of nitrogens with two attached hydrogens (primary N) is 1. The third kappa shape index (κ3) is 3.46. The topological polar surface area (TPSA) is 29.3 Å². The third-order valence-corrected chi connectivity index (χ3v) is 4.42. The summed E-state index contributed by atoms with van der Waals surface area (Å²) in [6.45, 7) is 7.72. The highest BCUT2D eigenvalue weighted by Crippen LogP contribution is 2.30. The first-order chi connectivity index (χ1) is 7.49. The van der Waals surface area contributed by atoms with Crippen molar-refractivity contribution in [3.63, 3.8) is 0 Å². The molecule has 2 N–H and O–H groups in total. The van der Waals surface area contributed by atoms with E-state index in [1.165, 1.54) is 38.5 Å². The summed E-state index contributed by atoms with van der Waals surface area (Å²) in [5.74, 6) is 0.780. The molecular formula is C14H30N2. The van der Waals surface area contributed by atoms with Crippen molar-refractivity contribution in [1.82, 2.24) is 4.90 Å². The van der Waals surface area contributed by atoms with Crippen molar-refractivity contribution in [1.29, 1.82) is 0 Å². The third-order valence-electron chi connectivity index (χ3n) is 4.42. The van der Waals surface area contributed by atoms with Crippen molar-refractivity contribution in [2.45, 2.75) is 70.9 Å². The summed E-state index contributed by atoms with van der Waals surface area (Å²) in [5, 5.41) is 0. The fraction of sp³-hybridized carbons (Fsp3) is 1.00. The van der Waals surface area contributed by atoms with E-state index in [0.717, 1.165) is 18.5 Å². The van der Waals surface area contributed by atoms with E-state index in [-0.39, 0.29) is 5.54 Å². The summed E-state index contributed by atoms with van der Waals surface area (Å²) in [4.78, 5) is 2.57. The van der Waals surface area contributed by atoms with E-state index in [4.69, 9.17) is 5.73 Å². The summed E-state index contributed by atoms with van der Waals surface area (Å²) in [7, 11) is 2.28. The molecule has 0 aromatic rings. The molecule has 96 valence electrons. The Kier molecular flexibility index (Phi) is 5.26. The van der Waals surface area contributed by atoms with Gasteiger partial charge in [-0.25, -0.2) is 0 Å². The van der Waals surface area contributed by atoms with Gasteiger partial charge in [-0.05, 0) is 45.6 Å². The second kappa shape index (κ2) is 6.02. The zero-order chi connectivity index (χ0) is 12.2. The smallest absolute Gasteiger partial charge is 0.0303 e. The maximum Gasteiger partial charge on any atom is 0.0303 e. The van der Waals surface area contributed by atoms with E-state index in [0.29, 0.717) is 0 Å². The molecule has 1 aliphatic rings. The van der Waals surface area contributed by atoms with Crippen molar-refractivity contribution >= 4 is 0 Å². The monoisotopic (exact) mass is 226 g/mol. The first-order valence-electron chi connectivity index (χ1n) is 6.92. The van der Waals surface area contributed by atoms with Crippen molar-refractivity contribution in [2.24, 2.45) is 11.7 Å². The molecule has 0 heterocycles. The van der Waals surface area contributed by atoms with Crippen LogP contribution < -0.4 is 5.73 Å². The van der Waals surface area contributed by atoms with Gasteiger partial charge in [-0.1, -0.05) is 26.7 Å². The Morgan fingerprint density at radius 1 is 1.31 bits per heavy atom. The molecule has 0 aromatic heterocycles. The minimum Gasteiger partial charge on any atom is -0.329 e. The van der Waals surface area contributed by atoms with Gasteiger partial charge in [0.25, 0.3) is 0 Å². The van der Waals surface area contributed by atoms with Gasteiger partial charge in [0.05, 0.1) is 0 Å². The van der Waals surface area contributed by atoms with E-state index >= 15 is 0 Å². The Hall–Kier alpha value is -0.0800. The van der Waals surface area contributed by atoms with Crippen LogP contribution in [0, 0.1) is 5.92 Å². The lowest BCUT2D eigenvalue weighted by atomic mass is 9.89. The minimum atomic E-state index is 0.208. The molecule has 2 heteroatoms. The van der Waals surface area contributed by atoms with Crippen LogP contribution in [0.1, 0.15) is 59.3 Å². The second-order valence-corrected chi connectivity index (χ2v) is 6.18. The van der Waals surface area contributed by atoms with Gasteiger partial charge in [0, 0.05) is 18.1 Å². The SMILES string of the molecule is CC(C)CCC(C)(CN)N(C)C1CCCC1. The molecule has 0 saturated heterocycles. The van der Waals surface area contributed by atoms with E-state index in [9.17, 15) is 0 Å². The van der Waals surface area contributed by atoms with Crippen LogP contribution >= 0.6 is 0 Å². The van der Waals surface area contributed by atoms with E-state index < -0.39 is 0 Å². The fourth-order valence-electron chi connectivity index (χ4n) is 2.75. The predicted molar refractivity (Wildman–Crippen MR) is 71.6 cm³/mol. The molecule has 16 heavy (non-hydrogen) atoms. The molecule has 1 atom stereocenters. The van der Waals surface area contributed by atoms with Crippen LogP contribution in [0.15, 0.2) is 0 Å². The quantitative estimate of drug-likeness (QED) is 0.754. The Balaban J connectivity index is 2.54. The van der Waals surface area contributed by atoms with Gasteiger partial charge in [-0.15, -0.1) is 0 Å². The summed E-state index contributed by atoms with van der Waals surface area (Å²) in [6, 6.07) is 0.778. The van der Waals surface area contributed by atoms with Crippen molar-refractivity contribution in [3.8, 4) is 0 Å². The highest BCUT2D eigenvalue weighted by Gasteiger charge is 2.33. The Labute approximate surface area is 102 Å². The van der Waals surface area contributed by atoms with Crippen LogP contribution in [-0.2, 0) is 0 Å². The zero-order valence-electron chi connectivity index (χ0n) is 11.6. The predicted octanol–water partition coefficient (Wildman–Crippen LogP) is 3.01. The molecule has 0 aromatic carbocycles. The molecule has 1 saturated carbocycles. The van der Waals surface area contributed by atoms with Crippen LogP contribution in [0.25, 0.3) is 0 Å². The van der Waals surface area contributed by atoms with Crippen molar-refractivity contribution < 1.29 is 0 Å². The fourth-order valence-corrected chi connectivity index (χ4v) is 2.75. The van der Waals surface area contributed by atoms with Crippen LogP contribution in [-0.4, -0.2) is 30.1 Å². The van der Waals surface area contributed by atoms with Crippen LogP contribution in [0.2, 0.25) is 0 Å². The Bertz CT molecular complexity index is 197. The average Bonchev–Trinajstić information content (AvgIpc) is 2.78. The standard InChI is InChI=1S/C14H30N2/c1-12(2)9-10-14(3,11-15)16(4)13-7-5-6-8-13/h12-13H,5-11,15H2,1-4H3. The molecule has 1 unspecified atom stereocenters. The zero-order valence-corrected chi connectivity index (χ0v) is 11.6. The molecule has 0 bridgehead atoms. The lowest BCUT2D eigenvalue weighted by molar-refractivity contribution is 0.0813. The Morgan fingerprint density at radius 3 is 2.31 bits per heavy atom. The maximum atomic E-state index is 6.02. The van der Waals surface area contributed by atoms with Gasteiger partial charge in [0.2, 0.25) is 0 Å². The summed E-state index contributed by atoms with van der Waals surface area (Å²) < 4.78 is 0. The molecule has 0 spiro atoms. The molecule has 1 fully saturated rings. The van der Waals surface area contributed by atoms with E-state index in [2.05, 4.69) is 32.7 Å². The highest BCUT2D eigenvalue weighted by atomic mass is 15.2. The normalized spacial score (nSPS) is 21.9. The maximum absolute atomic E-state index is 6.02. The first-order valence-corrected chi connectivity index (χ1v) is 6.92. The van der Waals surface area contributed by atoms with Gasteiger partial charge >= 0.3 is 0 Å². The molecular weight excluding hydrogens is 196 g/mol.